The summed E-state index contributed by atoms with van der Waals surface area (Å²) in [4.78, 5) is 12.7. The first-order valence-corrected chi connectivity index (χ1v) is 10.8. The molecule has 0 bridgehead atoms. The van der Waals surface area contributed by atoms with Crippen LogP contribution in [0.4, 0.5) is 0 Å². The zero-order valence-corrected chi connectivity index (χ0v) is 18.0. The maximum atomic E-state index is 6.05. The molecule has 8 heteroatoms. The summed E-state index contributed by atoms with van der Waals surface area (Å²) in [5.74, 6) is 3.01. The van der Waals surface area contributed by atoms with Gasteiger partial charge in [-0.15, -0.1) is 0 Å². The lowest BCUT2D eigenvalue weighted by atomic mass is 10.1. The molecule has 0 amide bonds. The SMILES string of the molecule is COCc1c(-c2nc(C3CC3)no2)ncc2[nH]c3ccc(Oc4ccc(Cl)cc4)cc3c12. The number of aromatic nitrogens is 4. The molecule has 160 valence electrons. The third-order valence-electron chi connectivity index (χ3n) is 5.63. The van der Waals surface area contributed by atoms with Gasteiger partial charge in [-0.3, -0.25) is 0 Å². The first-order chi connectivity index (χ1) is 15.7. The standard InChI is InChI=1S/C24H19ClN4O3/c1-30-12-18-21-17-10-16(31-15-6-4-14(25)5-7-15)8-9-19(17)27-20(21)11-26-22(18)24-28-23(29-32-24)13-2-3-13/h4-11,13,27H,2-3,12H2,1H3. The second-order valence-electron chi connectivity index (χ2n) is 7.93. The molecule has 5 aromatic rings. The van der Waals surface area contributed by atoms with Gasteiger partial charge < -0.3 is 19.0 Å². The molecule has 0 saturated heterocycles. The predicted molar refractivity (Wildman–Crippen MR) is 121 cm³/mol. The van der Waals surface area contributed by atoms with Crippen LogP contribution < -0.4 is 4.74 Å². The molecule has 1 fully saturated rings. The molecular weight excluding hydrogens is 428 g/mol. The van der Waals surface area contributed by atoms with Crippen molar-refractivity contribution in [1.82, 2.24) is 20.1 Å². The van der Waals surface area contributed by atoms with Crippen molar-refractivity contribution in [3.63, 3.8) is 0 Å². The highest BCUT2D eigenvalue weighted by Gasteiger charge is 2.30. The summed E-state index contributed by atoms with van der Waals surface area (Å²) < 4.78 is 17.1. The fourth-order valence-electron chi connectivity index (χ4n) is 3.95. The van der Waals surface area contributed by atoms with E-state index < -0.39 is 0 Å². The van der Waals surface area contributed by atoms with E-state index in [4.69, 9.17) is 25.6 Å². The fourth-order valence-corrected chi connectivity index (χ4v) is 4.08. The minimum absolute atomic E-state index is 0.357. The maximum Gasteiger partial charge on any atom is 0.276 e. The number of hydrogen-bond acceptors (Lipinski definition) is 6. The van der Waals surface area contributed by atoms with Crippen LogP contribution in [-0.4, -0.2) is 27.2 Å². The average Bonchev–Trinajstić information content (AvgIpc) is 3.41. The molecule has 32 heavy (non-hydrogen) atoms. The number of nitrogens with zero attached hydrogens (tertiary/aromatic N) is 3. The van der Waals surface area contributed by atoms with Gasteiger partial charge in [0.2, 0.25) is 0 Å². The van der Waals surface area contributed by atoms with Crippen LogP contribution in [0.2, 0.25) is 5.02 Å². The van der Waals surface area contributed by atoms with Crippen molar-refractivity contribution in [2.45, 2.75) is 25.4 Å². The molecule has 0 atom stereocenters. The van der Waals surface area contributed by atoms with Crippen molar-refractivity contribution in [2.75, 3.05) is 7.11 Å². The highest BCUT2D eigenvalue weighted by Crippen LogP contribution is 2.40. The molecule has 3 aromatic heterocycles. The van der Waals surface area contributed by atoms with Gasteiger partial charge in [-0.05, 0) is 55.3 Å². The van der Waals surface area contributed by atoms with Gasteiger partial charge in [-0.2, -0.15) is 4.98 Å². The second-order valence-corrected chi connectivity index (χ2v) is 8.36. The van der Waals surface area contributed by atoms with Crippen LogP contribution in [0.1, 0.15) is 30.1 Å². The summed E-state index contributed by atoms with van der Waals surface area (Å²) in [7, 11) is 1.66. The smallest absolute Gasteiger partial charge is 0.276 e. The van der Waals surface area contributed by atoms with Crippen LogP contribution in [0.25, 0.3) is 33.4 Å². The number of fused-ring (bicyclic) bond motifs is 3. The number of nitrogens with one attached hydrogen (secondary N) is 1. The van der Waals surface area contributed by atoms with Crippen molar-refractivity contribution in [3.8, 4) is 23.1 Å². The first-order valence-electron chi connectivity index (χ1n) is 10.4. The minimum Gasteiger partial charge on any atom is -0.457 e. The van der Waals surface area contributed by atoms with E-state index in [9.17, 15) is 0 Å². The molecule has 1 N–H and O–H groups in total. The summed E-state index contributed by atoms with van der Waals surface area (Å²) in [5, 5.41) is 6.82. The number of rotatable bonds is 6. The Morgan fingerprint density at radius 3 is 2.69 bits per heavy atom. The summed E-state index contributed by atoms with van der Waals surface area (Å²) in [6.07, 6.45) is 4.01. The van der Waals surface area contributed by atoms with Gasteiger partial charge in [-0.25, -0.2) is 4.98 Å². The number of halogens is 1. The third kappa shape index (κ3) is 3.39. The van der Waals surface area contributed by atoms with Crippen LogP contribution in [0, 0.1) is 0 Å². The van der Waals surface area contributed by atoms with Gasteiger partial charge in [0, 0.05) is 39.9 Å². The van der Waals surface area contributed by atoms with Crippen LogP contribution >= 0.6 is 11.6 Å². The maximum absolute atomic E-state index is 6.05. The van der Waals surface area contributed by atoms with Crippen LogP contribution in [0.5, 0.6) is 11.5 Å². The predicted octanol–water partition coefficient (Wildman–Crippen LogP) is 6.24. The van der Waals surface area contributed by atoms with E-state index in [-0.39, 0.29) is 0 Å². The molecule has 2 aromatic carbocycles. The van der Waals surface area contributed by atoms with Crippen LogP contribution in [0.15, 0.2) is 53.2 Å². The number of aromatic amines is 1. The molecular formula is C24H19ClN4O3. The largest absolute Gasteiger partial charge is 0.457 e. The summed E-state index contributed by atoms with van der Waals surface area (Å²) in [5.41, 5.74) is 3.42. The van der Waals surface area contributed by atoms with Crippen molar-refractivity contribution in [1.29, 1.82) is 0 Å². The molecule has 1 aliphatic rings. The zero-order valence-electron chi connectivity index (χ0n) is 17.3. The molecule has 7 nitrogen and oxygen atoms in total. The Balaban J connectivity index is 1.48. The zero-order chi connectivity index (χ0) is 21.7. The molecule has 0 radical (unpaired) electrons. The van der Waals surface area contributed by atoms with Crippen LogP contribution in [-0.2, 0) is 11.3 Å². The van der Waals surface area contributed by atoms with Gasteiger partial charge in [0.15, 0.2) is 5.82 Å². The van der Waals surface area contributed by atoms with E-state index >= 15 is 0 Å². The summed E-state index contributed by atoms with van der Waals surface area (Å²) >= 11 is 5.98. The van der Waals surface area contributed by atoms with E-state index in [0.29, 0.717) is 34.9 Å². The third-order valence-corrected chi connectivity index (χ3v) is 5.89. The van der Waals surface area contributed by atoms with Gasteiger partial charge in [0.1, 0.15) is 17.2 Å². The molecule has 1 aliphatic carbocycles. The number of pyridine rings is 1. The summed E-state index contributed by atoms with van der Waals surface area (Å²) in [6, 6.07) is 13.2. The van der Waals surface area contributed by atoms with Crippen molar-refractivity contribution >= 4 is 33.4 Å². The van der Waals surface area contributed by atoms with E-state index in [2.05, 4.69) is 20.1 Å². The van der Waals surface area contributed by atoms with Gasteiger partial charge in [0.05, 0.1) is 18.3 Å². The Bertz CT molecular complexity index is 1440. The first kappa shape index (κ1) is 19.3. The number of hydrogen-bond donors (Lipinski definition) is 1. The Labute approximate surface area is 188 Å². The molecule has 0 unspecified atom stereocenters. The highest BCUT2D eigenvalue weighted by atomic mass is 35.5. The van der Waals surface area contributed by atoms with Gasteiger partial charge in [-0.1, -0.05) is 16.8 Å². The molecule has 1 saturated carbocycles. The minimum atomic E-state index is 0.357. The topological polar surface area (TPSA) is 86.1 Å². The molecule has 6 rings (SSSR count). The fraction of sp³-hybridized carbons (Fsp3) is 0.208. The molecule has 0 spiro atoms. The lowest BCUT2D eigenvalue weighted by Crippen LogP contribution is -1.97. The molecule has 0 aliphatic heterocycles. The van der Waals surface area contributed by atoms with E-state index in [1.54, 1.807) is 25.4 Å². The normalized spacial score (nSPS) is 13.8. The quantitative estimate of drug-likeness (QED) is 0.332. The average molecular weight is 447 g/mol. The van der Waals surface area contributed by atoms with E-state index in [1.165, 1.54) is 0 Å². The number of benzene rings is 2. The second kappa shape index (κ2) is 7.62. The number of ether oxygens (including phenoxy) is 2. The van der Waals surface area contributed by atoms with Crippen molar-refractivity contribution in [3.05, 3.63) is 65.1 Å². The Kier molecular flexibility index (Phi) is 4.59. The van der Waals surface area contributed by atoms with Crippen molar-refractivity contribution < 1.29 is 14.0 Å². The van der Waals surface area contributed by atoms with Gasteiger partial charge >= 0.3 is 0 Å². The van der Waals surface area contributed by atoms with E-state index in [0.717, 1.165) is 51.8 Å². The Hall–Kier alpha value is -3.42. The Morgan fingerprint density at radius 2 is 1.91 bits per heavy atom. The Morgan fingerprint density at radius 1 is 1.09 bits per heavy atom. The monoisotopic (exact) mass is 446 g/mol. The summed E-state index contributed by atoms with van der Waals surface area (Å²) in [6.45, 7) is 0.357. The highest BCUT2D eigenvalue weighted by molar-refractivity contribution is 6.30. The van der Waals surface area contributed by atoms with Crippen molar-refractivity contribution in [2.24, 2.45) is 0 Å². The van der Waals surface area contributed by atoms with E-state index in [1.807, 2.05) is 30.3 Å². The molecule has 3 heterocycles. The number of H-pyrrole nitrogens is 1. The number of methoxy groups -OCH3 is 1. The lowest BCUT2D eigenvalue weighted by molar-refractivity contribution is 0.186. The van der Waals surface area contributed by atoms with Crippen LogP contribution in [0.3, 0.4) is 0 Å². The van der Waals surface area contributed by atoms with Gasteiger partial charge in [0.25, 0.3) is 5.89 Å². The lowest BCUT2D eigenvalue weighted by Gasteiger charge is -2.08.